The van der Waals surface area contributed by atoms with Gasteiger partial charge in [0.25, 0.3) is 0 Å². The predicted molar refractivity (Wildman–Crippen MR) is 98.6 cm³/mol. The molecule has 126 valence electrons. The van der Waals surface area contributed by atoms with Crippen LogP contribution in [0.2, 0.25) is 5.02 Å². The third kappa shape index (κ3) is 4.89. The molecule has 8 heteroatoms. The summed E-state index contributed by atoms with van der Waals surface area (Å²) in [6.07, 6.45) is 1.52. The maximum Gasteiger partial charge on any atom is 0.249 e. The molecule has 0 aliphatic carbocycles. The first-order chi connectivity index (χ1) is 12.1. The van der Waals surface area contributed by atoms with Gasteiger partial charge in [-0.2, -0.15) is 10.1 Å². The van der Waals surface area contributed by atoms with Crippen molar-refractivity contribution >= 4 is 46.3 Å². The number of nitrogens with one attached hydrogen (secondary N) is 3. The molecule has 7 nitrogen and oxygen atoms in total. The largest absolute Gasteiger partial charge is 0.339 e. The maximum absolute atomic E-state index is 11.0. The lowest BCUT2D eigenvalue weighted by molar-refractivity contribution is -0.114. The first-order valence-corrected chi connectivity index (χ1v) is 7.83. The Bertz CT molecular complexity index is 884. The molecule has 1 heterocycles. The molecule has 0 spiro atoms. The molecule has 1 aromatic heterocycles. The van der Waals surface area contributed by atoms with E-state index >= 15 is 0 Å². The van der Waals surface area contributed by atoms with E-state index in [1.165, 1.54) is 13.1 Å². The summed E-state index contributed by atoms with van der Waals surface area (Å²) in [5.41, 5.74) is 2.29. The van der Waals surface area contributed by atoms with Crippen LogP contribution >= 0.6 is 11.6 Å². The molecule has 3 rings (SSSR count). The molecule has 0 saturated heterocycles. The lowest BCUT2D eigenvalue weighted by Gasteiger charge is -2.08. The molecular formula is C17H15ClN6O. The van der Waals surface area contributed by atoms with Gasteiger partial charge in [0.05, 0.1) is 6.20 Å². The highest BCUT2D eigenvalue weighted by Gasteiger charge is 2.03. The molecule has 0 unspecified atom stereocenters. The number of anilines is 5. The Labute approximate surface area is 149 Å². The van der Waals surface area contributed by atoms with Crippen LogP contribution in [-0.2, 0) is 4.79 Å². The number of carbonyl (C=O) groups excluding carboxylic acids is 1. The SMILES string of the molecule is CC(=O)Nc1ccc(Nc2nncc(Nc3cccc(Cl)c3)n2)cc1. The second kappa shape index (κ2) is 7.59. The fourth-order valence-electron chi connectivity index (χ4n) is 2.10. The topological polar surface area (TPSA) is 91.8 Å². The van der Waals surface area contributed by atoms with E-state index in [2.05, 4.69) is 31.1 Å². The summed E-state index contributed by atoms with van der Waals surface area (Å²) >= 11 is 5.97. The normalized spacial score (nSPS) is 10.2. The number of hydrogen-bond donors (Lipinski definition) is 3. The van der Waals surface area contributed by atoms with Crippen LogP contribution in [0.5, 0.6) is 0 Å². The number of rotatable bonds is 5. The second-order valence-corrected chi connectivity index (χ2v) is 5.62. The monoisotopic (exact) mass is 354 g/mol. The van der Waals surface area contributed by atoms with E-state index in [4.69, 9.17) is 11.6 Å². The lowest BCUT2D eigenvalue weighted by atomic mass is 10.3. The fourth-order valence-corrected chi connectivity index (χ4v) is 2.29. The Balaban J connectivity index is 1.70. The van der Waals surface area contributed by atoms with Crippen molar-refractivity contribution in [1.29, 1.82) is 0 Å². The molecule has 0 aliphatic heterocycles. The van der Waals surface area contributed by atoms with Crippen molar-refractivity contribution in [2.75, 3.05) is 16.0 Å². The first-order valence-electron chi connectivity index (χ1n) is 7.45. The van der Waals surface area contributed by atoms with Gasteiger partial charge in [-0.3, -0.25) is 4.79 Å². The van der Waals surface area contributed by atoms with Crippen LogP contribution in [0.3, 0.4) is 0 Å². The van der Waals surface area contributed by atoms with Gasteiger partial charge < -0.3 is 16.0 Å². The van der Waals surface area contributed by atoms with E-state index in [0.717, 1.165) is 11.4 Å². The van der Waals surface area contributed by atoms with Gasteiger partial charge in [-0.1, -0.05) is 17.7 Å². The Kier molecular flexibility index (Phi) is 5.06. The minimum absolute atomic E-state index is 0.118. The van der Waals surface area contributed by atoms with Gasteiger partial charge in [-0.05, 0) is 42.5 Å². The van der Waals surface area contributed by atoms with Crippen molar-refractivity contribution < 1.29 is 4.79 Å². The Morgan fingerprint density at radius 3 is 2.48 bits per heavy atom. The van der Waals surface area contributed by atoms with Crippen molar-refractivity contribution in [2.24, 2.45) is 0 Å². The molecule has 0 radical (unpaired) electrons. The smallest absolute Gasteiger partial charge is 0.249 e. The quantitative estimate of drug-likeness (QED) is 0.642. The molecule has 0 bridgehead atoms. The molecule has 0 fully saturated rings. The van der Waals surface area contributed by atoms with E-state index in [1.54, 1.807) is 24.3 Å². The number of benzene rings is 2. The molecule has 25 heavy (non-hydrogen) atoms. The third-order valence-corrected chi connectivity index (χ3v) is 3.35. The van der Waals surface area contributed by atoms with E-state index in [0.29, 0.717) is 22.5 Å². The van der Waals surface area contributed by atoms with Crippen LogP contribution in [-0.4, -0.2) is 21.1 Å². The highest BCUT2D eigenvalue weighted by atomic mass is 35.5. The fraction of sp³-hybridized carbons (Fsp3) is 0.0588. The molecule has 0 atom stereocenters. The van der Waals surface area contributed by atoms with Crippen LogP contribution < -0.4 is 16.0 Å². The maximum atomic E-state index is 11.0. The van der Waals surface area contributed by atoms with E-state index in [9.17, 15) is 4.79 Å². The summed E-state index contributed by atoms with van der Waals surface area (Å²) < 4.78 is 0. The van der Waals surface area contributed by atoms with Gasteiger partial charge in [0.2, 0.25) is 11.9 Å². The average Bonchev–Trinajstić information content (AvgIpc) is 2.57. The summed E-state index contributed by atoms with van der Waals surface area (Å²) in [6, 6.07) is 14.5. The number of hydrogen-bond acceptors (Lipinski definition) is 6. The van der Waals surface area contributed by atoms with Gasteiger partial charge in [0, 0.05) is 29.0 Å². The number of aromatic nitrogens is 3. The van der Waals surface area contributed by atoms with Gasteiger partial charge in [-0.25, -0.2) is 0 Å². The molecule has 1 amide bonds. The van der Waals surface area contributed by atoms with Gasteiger partial charge in [0.15, 0.2) is 5.82 Å². The third-order valence-electron chi connectivity index (χ3n) is 3.12. The standard InChI is InChI=1S/C17H15ClN6O/c1-11(25)20-13-5-7-14(8-6-13)22-17-23-16(10-19-24-17)21-15-4-2-3-12(18)9-15/h2-10H,1H3,(H,20,25)(H2,21,22,23,24). The van der Waals surface area contributed by atoms with Crippen LogP contribution in [0.15, 0.2) is 54.7 Å². The van der Waals surface area contributed by atoms with E-state index in [-0.39, 0.29) is 5.91 Å². The summed E-state index contributed by atoms with van der Waals surface area (Å²) in [5.74, 6) is 0.766. The van der Waals surface area contributed by atoms with Gasteiger partial charge in [-0.15, -0.1) is 5.10 Å². The molecule has 2 aromatic carbocycles. The van der Waals surface area contributed by atoms with Crippen molar-refractivity contribution in [2.45, 2.75) is 6.92 Å². The highest BCUT2D eigenvalue weighted by molar-refractivity contribution is 6.30. The second-order valence-electron chi connectivity index (χ2n) is 5.18. The van der Waals surface area contributed by atoms with Crippen molar-refractivity contribution in [1.82, 2.24) is 15.2 Å². The molecule has 3 N–H and O–H groups in total. The van der Waals surface area contributed by atoms with Crippen LogP contribution in [0.4, 0.5) is 28.8 Å². The van der Waals surface area contributed by atoms with Crippen LogP contribution in [0.1, 0.15) is 6.92 Å². The van der Waals surface area contributed by atoms with Crippen molar-refractivity contribution in [3.63, 3.8) is 0 Å². The summed E-state index contributed by atoms with van der Waals surface area (Å²) in [7, 11) is 0. The highest BCUT2D eigenvalue weighted by Crippen LogP contribution is 2.20. The first kappa shape index (κ1) is 16.7. The number of halogens is 1. The predicted octanol–water partition coefficient (Wildman–Crippen LogP) is 3.97. The zero-order valence-electron chi connectivity index (χ0n) is 13.3. The number of amides is 1. The zero-order valence-corrected chi connectivity index (χ0v) is 14.1. The molecule has 0 aliphatic rings. The Morgan fingerprint density at radius 2 is 1.76 bits per heavy atom. The minimum Gasteiger partial charge on any atom is -0.339 e. The van der Waals surface area contributed by atoms with Crippen molar-refractivity contribution in [3.05, 3.63) is 59.8 Å². The molecule has 3 aromatic rings. The van der Waals surface area contributed by atoms with Gasteiger partial charge in [0.1, 0.15) is 0 Å². The minimum atomic E-state index is -0.118. The summed E-state index contributed by atoms with van der Waals surface area (Å²) in [5, 5.41) is 17.4. The Morgan fingerprint density at radius 1 is 1.00 bits per heavy atom. The van der Waals surface area contributed by atoms with E-state index < -0.39 is 0 Å². The van der Waals surface area contributed by atoms with Crippen molar-refractivity contribution in [3.8, 4) is 0 Å². The average molecular weight is 355 g/mol. The number of carbonyl (C=O) groups is 1. The molecular weight excluding hydrogens is 340 g/mol. The summed E-state index contributed by atoms with van der Waals surface area (Å²) in [6.45, 7) is 1.46. The van der Waals surface area contributed by atoms with Gasteiger partial charge >= 0.3 is 0 Å². The zero-order chi connectivity index (χ0) is 17.6. The van der Waals surface area contributed by atoms with Crippen LogP contribution in [0.25, 0.3) is 0 Å². The summed E-state index contributed by atoms with van der Waals surface area (Å²) in [4.78, 5) is 15.4. The number of nitrogens with zero attached hydrogens (tertiary/aromatic N) is 3. The van der Waals surface area contributed by atoms with Crippen LogP contribution in [0, 0.1) is 0 Å². The molecule has 0 saturated carbocycles. The Hall–Kier alpha value is -3.19. The van der Waals surface area contributed by atoms with E-state index in [1.807, 2.05) is 24.3 Å². The lowest BCUT2D eigenvalue weighted by Crippen LogP contribution is -2.05.